The number of anilines is 1. The molecular formula is C16H18N2O. The van der Waals surface area contributed by atoms with Gasteiger partial charge in [-0.25, -0.2) is 0 Å². The third-order valence-corrected chi connectivity index (χ3v) is 2.98. The average molecular weight is 254 g/mol. The molecule has 2 N–H and O–H groups in total. The number of carbonyl (C=O) groups is 1. The molecule has 3 nitrogen and oxygen atoms in total. The van der Waals surface area contributed by atoms with Gasteiger partial charge < -0.3 is 10.6 Å². The number of rotatable bonds is 4. The van der Waals surface area contributed by atoms with Gasteiger partial charge in [0.05, 0.1) is 5.56 Å². The number of benzene rings is 2. The third-order valence-electron chi connectivity index (χ3n) is 2.98. The topological polar surface area (TPSA) is 41.1 Å². The Hall–Kier alpha value is -2.29. The van der Waals surface area contributed by atoms with Gasteiger partial charge in [-0.2, -0.15) is 0 Å². The fourth-order valence-corrected chi connectivity index (χ4v) is 1.94. The van der Waals surface area contributed by atoms with Gasteiger partial charge in [0.15, 0.2) is 0 Å². The van der Waals surface area contributed by atoms with Gasteiger partial charge in [0, 0.05) is 19.3 Å². The molecule has 3 heteroatoms. The van der Waals surface area contributed by atoms with Crippen molar-refractivity contribution in [2.45, 2.75) is 13.5 Å². The molecule has 0 aliphatic heterocycles. The molecule has 0 aromatic heterocycles. The van der Waals surface area contributed by atoms with Gasteiger partial charge in [0.1, 0.15) is 0 Å². The van der Waals surface area contributed by atoms with Crippen molar-refractivity contribution in [3.63, 3.8) is 0 Å². The largest absolute Gasteiger partial charge is 0.387 e. The van der Waals surface area contributed by atoms with Crippen LogP contribution in [0.3, 0.4) is 0 Å². The zero-order valence-electron chi connectivity index (χ0n) is 11.2. The van der Waals surface area contributed by atoms with Gasteiger partial charge in [0.25, 0.3) is 5.91 Å². The Kier molecular flexibility index (Phi) is 4.18. The summed E-state index contributed by atoms with van der Waals surface area (Å²) in [5.41, 5.74) is 3.74. The van der Waals surface area contributed by atoms with Crippen LogP contribution in [0.1, 0.15) is 21.5 Å². The molecule has 0 unspecified atom stereocenters. The molecule has 0 saturated heterocycles. The first-order valence-corrected chi connectivity index (χ1v) is 6.31. The fourth-order valence-electron chi connectivity index (χ4n) is 1.94. The first kappa shape index (κ1) is 13.1. The molecule has 2 aromatic rings. The lowest BCUT2D eigenvalue weighted by atomic mass is 10.1. The summed E-state index contributed by atoms with van der Waals surface area (Å²) in [6.45, 7) is 2.54. The minimum absolute atomic E-state index is 0.0618. The molecule has 1 amide bonds. The van der Waals surface area contributed by atoms with Crippen LogP contribution in [0.4, 0.5) is 5.69 Å². The summed E-state index contributed by atoms with van der Waals surface area (Å²) in [5.74, 6) is -0.0618. The van der Waals surface area contributed by atoms with Crippen molar-refractivity contribution in [1.29, 1.82) is 0 Å². The molecule has 0 spiro atoms. The van der Waals surface area contributed by atoms with Crippen LogP contribution in [-0.4, -0.2) is 13.0 Å². The van der Waals surface area contributed by atoms with Crippen LogP contribution in [0.25, 0.3) is 0 Å². The van der Waals surface area contributed by atoms with Crippen molar-refractivity contribution in [2.75, 3.05) is 12.4 Å². The highest BCUT2D eigenvalue weighted by atomic mass is 16.1. The summed E-state index contributed by atoms with van der Waals surface area (Å²) in [6, 6.07) is 15.6. The predicted octanol–water partition coefficient (Wildman–Crippen LogP) is 2.97. The number of carbonyl (C=O) groups excluding carboxylic acids is 1. The number of hydrogen-bond donors (Lipinski definition) is 2. The Morgan fingerprint density at radius 2 is 1.84 bits per heavy atom. The maximum atomic E-state index is 12.2. The van der Waals surface area contributed by atoms with Crippen LogP contribution in [0.5, 0.6) is 0 Å². The lowest BCUT2D eigenvalue weighted by Gasteiger charge is -2.10. The van der Waals surface area contributed by atoms with Crippen LogP contribution < -0.4 is 10.6 Å². The second-order valence-corrected chi connectivity index (χ2v) is 4.47. The van der Waals surface area contributed by atoms with E-state index in [4.69, 9.17) is 0 Å². The van der Waals surface area contributed by atoms with Crippen molar-refractivity contribution < 1.29 is 4.79 Å². The van der Waals surface area contributed by atoms with Crippen molar-refractivity contribution in [3.8, 4) is 0 Å². The van der Waals surface area contributed by atoms with Gasteiger partial charge in [-0.1, -0.05) is 36.4 Å². The predicted molar refractivity (Wildman–Crippen MR) is 78.3 cm³/mol. The van der Waals surface area contributed by atoms with E-state index in [1.165, 1.54) is 0 Å². The molecule has 0 heterocycles. The molecule has 98 valence electrons. The Morgan fingerprint density at radius 3 is 2.53 bits per heavy atom. The lowest BCUT2D eigenvalue weighted by Crippen LogP contribution is -2.23. The van der Waals surface area contributed by atoms with Crippen LogP contribution in [0.2, 0.25) is 0 Å². The van der Waals surface area contributed by atoms with E-state index in [2.05, 4.69) is 10.6 Å². The zero-order valence-corrected chi connectivity index (χ0v) is 11.2. The summed E-state index contributed by atoms with van der Waals surface area (Å²) < 4.78 is 0. The molecule has 0 aliphatic carbocycles. The van der Waals surface area contributed by atoms with E-state index in [9.17, 15) is 4.79 Å². The lowest BCUT2D eigenvalue weighted by molar-refractivity contribution is 0.0951. The summed E-state index contributed by atoms with van der Waals surface area (Å²) in [7, 11) is 1.82. The standard InChI is InChI=1S/C16H18N2O/c1-12-8-9-14(15(10-12)17-2)16(19)18-11-13-6-4-3-5-7-13/h3-10,17H,11H2,1-2H3,(H,18,19). The molecule has 0 saturated carbocycles. The van der Waals surface area contributed by atoms with Crippen molar-refractivity contribution in [1.82, 2.24) is 5.32 Å². The SMILES string of the molecule is CNc1cc(C)ccc1C(=O)NCc1ccccc1. The van der Waals surface area contributed by atoms with Gasteiger partial charge in [-0.05, 0) is 30.2 Å². The van der Waals surface area contributed by atoms with Crippen LogP contribution in [0, 0.1) is 6.92 Å². The maximum absolute atomic E-state index is 12.2. The number of aryl methyl sites for hydroxylation is 1. The average Bonchev–Trinajstić information content (AvgIpc) is 2.45. The maximum Gasteiger partial charge on any atom is 0.253 e. The molecule has 0 fully saturated rings. The Bertz CT molecular complexity index is 564. The highest BCUT2D eigenvalue weighted by Crippen LogP contribution is 2.17. The quantitative estimate of drug-likeness (QED) is 0.880. The fraction of sp³-hybridized carbons (Fsp3) is 0.188. The monoisotopic (exact) mass is 254 g/mol. The Balaban J connectivity index is 2.08. The van der Waals surface area contributed by atoms with Crippen LogP contribution in [0.15, 0.2) is 48.5 Å². The number of nitrogens with one attached hydrogen (secondary N) is 2. The van der Waals surface area contributed by atoms with E-state index >= 15 is 0 Å². The number of hydrogen-bond acceptors (Lipinski definition) is 2. The van der Waals surface area contributed by atoms with Crippen molar-refractivity contribution >= 4 is 11.6 Å². The first-order valence-electron chi connectivity index (χ1n) is 6.31. The van der Waals surface area contributed by atoms with Gasteiger partial charge in [-0.3, -0.25) is 4.79 Å². The Morgan fingerprint density at radius 1 is 1.11 bits per heavy atom. The summed E-state index contributed by atoms with van der Waals surface area (Å²) >= 11 is 0. The summed E-state index contributed by atoms with van der Waals surface area (Å²) in [4.78, 5) is 12.2. The summed E-state index contributed by atoms with van der Waals surface area (Å²) in [6.07, 6.45) is 0. The van der Waals surface area contributed by atoms with Crippen LogP contribution in [-0.2, 0) is 6.54 Å². The van der Waals surface area contributed by atoms with E-state index in [1.54, 1.807) is 0 Å². The van der Waals surface area contributed by atoms with Gasteiger partial charge in [-0.15, -0.1) is 0 Å². The molecule has 19 heavy (non-hydrogen) atoms. The second kappa shape index (κ2) is 6.05. The molecule has 2 rings (SSSR count). The van der Waals surface area contributed by atoms with E-state index < -0.39 is 0 Å². The minimum atomic E-state index is -0.0618. The highest BCUT2D eigenvalue weighted by Gasteiger charge is 2.10. The molecule has 0 atom stereocenters. The van der Waals surface area contributed by atoms with Crippen molar-refractivity contribution in [2.24, 2.45) is 0 Å². The molecule has 0 radical (unpaired) electrons. The third kappa shape index (κ3) is 3.35. The van der Waals surface area contributed by atoms with Gasteiger partial charge in [0.2, 0.25) is 0 Å². The van der Waals surface area contributed by atoms with E-state index in [0.717, 1.165) is 16.8 Å². The van der Waals surface area contributed by atoms with E-state index in [-0.39, 0.29) is 5.91 Å². The Labute approximate surface area is 113 Å². The minimum Gasteiger partial charge on any atom is -0.387 e. The number of amides is 1. The smallest absolute Gasteiger partial charge is 0.253 e. The molecular weight excluding hydrogens is 236 g/mol. The molecule has 0 bridgehead atoms. The normalized spacial score (nSPS) is 10.0. The highest BCUT2D eigenvalue weighted by molar-refractivity contribution is 5.99. The van der Waals surface area contributed by atoms with E-state index in [0.29, 0.717) is 12.1 Å². The molecule has 2 aromatic carbocycles. The first-order chi connectivity index (χ1) is 9.20. The van der Waals surface area contributed by atoms with Crippen molar-refractivity contribution in [3.05, 3.63) is 65.2 Å². The summed E-state index contributed by atoms with van der Waals surface area (Å²) in [5, 5.41) is 5.99. The van der Waals surface area contributed by atoms with Crippen LogP contribution >= 0.6 is 0 Å². The molecule has 0 aliphatic rings. The second-order valence-electron chi connectivity index (χ2n) is 4.47. The van der Waals surface area contributed by atoms with Gasteiger partial charge >= 0.3 is 0 Å². The zero-order chi connectivity index (χ0) is 13.7. The van der Waals surface area contributed by atoms with E-state index in [1.807, 2.05) is 62.5 Å².